The number of hydrogen-bond acceptors (Lipinski definition) is 6. The number of nitrogens with zero attached hydrogens (tertiary/aromatic N) is 4. The van der Waals surface area contributed by atoms with E-state index in [9.17, 15) is 14.4 Å². The fraction of sp³-hybridized carbons (Fsp3) is 0.393. The van der Waals surface area contributed by atoms with Gasteiger partial charge in [0.05, 0.1) is 11.1 Å². The van der Waals surface area contributed by atoms with Gasteiger partial charge in [0.25, 0.3) is 11.8 Å². The number of aromatic nitrogens is 2. The predicted molar refractivity (Wildman–Crippen MR) is 133 cm³/mol. The Morgan fingerprint density at radius 1 is 1.00 bits per heavy atom. The zero-order valence-electron chi connectivity index (χ0n) is 20.5. The van der Waals surface area contributed by atoms with Crippen LogP contribution in [0.2, 0.25) is 0 Å². The second-order valence-electron chi connectivity index (χ2n) is 9.60. The van der Waals surface area contributed by atoms with Gasteiger partial charge in [-0.15, -0.1) is 0 Å². The van der Waals surface area contributed by atoms with Gasteiger partial charge in [-0.3, -0.25) is 19.3 Å². The number of amides is 3. The highest BCUT2D eigenvalue weighted by molar-refractivity contribution is 6.21. The maximum atomic E-state index is 13.4. The van der Waals surface area contributed by atoms with Gasteiger partial charge < -0.3 is 9.42 Å². The molecule has 36 heavy (non-hydrogen) atoms. The van der Waals surface area contributed by atoms with E-state index in [0.29, 0.717) is 29.3 Å². The van der Waals surface area contributed by atoms with Crippen LogP contribution in [0.5, 0.6) is 0 Å². The smallest absolute Gasteiger partial charge is 0.261 e. The number of benzene rings is 2. The summed E-state index contributed by atoms with van der Waals surface area (Å²) >= 11 is 0. The van der Waals surface area contributed by atoms with Gasteiger partial charge in [-0.25, -0.2) is 0 Å². The number of hydrogen-bond donors (Lipinski definition) is 0. The molecule has 5 rings (SSSR count). The zero-order valence-corrected chi connectivity index (χ0v) is 20.5. The predicted octanol–water partition coefficient (Wildman–Crippen LogP) is 4.78. The third-order valence-corrected chi connectivity index (χ3v) is 7.07. The van der Waals surface area contributed by atoms with Crippen molar-refractivity contribution in [2.45, 2.75) is 64.5 Å². The van der Waals surface area contributed by atoms with Crippen LogP contribution in [-0.2, 0) is 11.3 Å². The van der Waals surface area contributed by atoms with Crippen LogP contribution in [0.25, 0.3) is 11.4 Å². The molecule has 1 aliphatic carbocycles. The van der Waals surface area contributed by atoms with Crippen LogP contribution in [0.4, 0.5) is 0 Å². The number of imide groups is 1. The molecule has 0 bridgehead atoms. The molecule has 2 aliphatic rings. The lowest BCUT2D eigenvalue weighted by Gasteiger charge is -2.33. The Kier molecular flexibility index (Phi) is 6.93. The molecule has 0 spiro atoms. The second-order valence-corrected chi connectivity index (χ2v) is 9.60. The van der Waals surface area contributed by atoms with Gasteiger partial charge in [0, 0.05) is 24.6 Å². The summed E-state index contributed by atoms with van der Waals surface area (Å²) in [5, 5.41) is 4.12. The molecule has 0 radical (unpaired) electrons. The van der Waals surface area contributed by atoms with Gasteiger partial charge in [-0.05, 0) is 38.3 Å². The van der Waals surface area contributed by atoms with E-state index in [2.05, 4.69) is 10.1 Å². The van der Waals surface area contributed by atoms with Crippen LogP contribution in [-0.4, -0.2) is 50.2 Å². The van der Waals surface area contributed by atoms with Crippen molar-refractivity contribution in [3.63, 3.8) is 0 Å². The molecule has 1 saturated carbocycles. The quantitative estimate of drug-likeness (QED) is 0.425. The molecule has 3 aromatic rings. The van der Waals surface area contributed by atoms with Gasteiger partial charge in [0.1, 0.15) is 6.54 Å². The van der Waals surface area contributed by atoms with Crippen molar-refractivity contribution in [3.05, 3.63) is 71.1 Å². The van der Waals surface area contributed by atoms with Crippen LogP contribution in [0, 0.1) is 6.92 Å². The summed E-state index contributed by atoms with van der Waals surface area (Å²) in [4.78, 5) is 46.3. The lowest BCUT2D eigenvalue weighted by atomic mass is 9.94. The Morgan fingerprint density at radius 3 is 2.33 bits per heavy atom. The topological polar surface area (TPSA) is 96.6 Å². The Balaban J connectivity index is 1.24. The third kappa shape index (κ3) is 4.94. The van der Waals surface area contributed by atoms with Crippen LogP contribution in [0.15, 0.2) is 53.1 Å². The molecule has 0 N–H and O–H groups in total. The van der Waals surface area contributed by atoms with Crippen molar-refractivity contribution in [1.82, 2.24) is 19.9 Å². The minimum atomic E-state index is -0.290. The third-order valence-electron chi connectivity index (χ3n) is 7.07. The Bertz CT molecular complexity index is 1230. The van der Waals surface area contributed by atoms with Crippen LogP contribution < -0.4 is 0 Å². The lowest BCUT2D eigenvalue weighted by Crippen LogP contribution is -2.41. The normalized spacial score (nSPS) is 15.9. The van der Waals surface area contributed by atoms with E-state index in [1.807, 2.05) is 36.1 Å². The van der Waals surface area contributed by atoms with Gasteiger partial charge in [-0.2, -0.15) is 4.98 Å². The number of fused-ring (bicyclic) bond motifs is 1. The number of aryl methyl sites for hydroxylation is 1. The van der Waals surface area contributed by atoms with Crippen molar-refractivity contribution in [1.29, 1.82) is 0 Å². The number of carbonyl (C=O) groups is 3. The molecule has 1 fully saturated rings. The molecule has 8 nitrogen and oxygen atoms in total. The van der Waals surface area contributed by atoms with Crippen LogP contribution in [0.1, 0.15) is 77.1 Å². The molecule has 1 aromatic heterocycles. The maximum Gasteiger partial charge on any atom is 0.261 e. The van der Waals surface area contributed by atoms with Gasteiger partial charge in [-0.1, -0.05) is 66.4 Å². The molecule has 2 heterocycles. The highest BCUT2D eigenvalue weighted by Gasteiger charge is 2.35. The fourth-order valence-corrected chi connectivity index (χ4v) is 5.07. The SMILES string of the molecule is Cc1ccc(-c2noc(CN(C(=O)CCCN3C(=O)c4ccccc4C3=O)C3CCCCC3)n2)cc1. The Labute approximate surface area is 210 Å². The summed E-state index contributed by atoms with van der Waals surface area (Å²) in [5.74, 6) is 0.313. The van der Waals surface area contributed by atoms with Crippen molar-refractivity contribution in [2.75, 3.05) is 6.54 Å². The largest absolute Gasteiger partial charge is 0.337 e. The van der Waals surface area contributed by atoms with E-state index in [1.54, 1.807) is 24.3 Å². The maximum absolute atomic E-state index is 13.4. The van der Waals surface area contributed by atoms with Crippen molar-refractivity contribution >= 4 is 17.7 Å². The standard InChI is InChI=1S/C28H30N4O4/c1-19-13-15-20(16-14-19)26-29-24(36-30-26)18-32(21-8-3-2-4-9-21)25(33)12-7-17-31-27(34)22-10-5-6-11-23(22)28(31)35/h5-6,10-11,13-16,21H,2-4,7-9,12,17-18H2,1H3. The highest BCUT2D eigenvalue weighted by atomic mass is 16.5. The molecule has 8 heteroatoms. The summed E-state index contributed by atoms with van der Waals surface area (Å²) in [6.45, 7) is 2.50. The van der Waals surface area contributed by atoms with E-state index in [0.717, 1.165) is 36.8 Å². The average Bonchev–Trinajstić information content (AvgIpc) is 3.47. The molecular weight excluding hydrogens is 456 g/mol. The second kappa shape index (κ2) is 10.4. The van der Waals surface area contributed by atoms with E-state index in [4.69, 9.17) is 4.52 Å². The zero-order chi connectivity index (χ0) is 25.1. The Morgan fingerprint density at radius 2 is 1.67 bits per heavy atom. The first-order valence-electron chi connectivity index (χ1n) is 12.7. The van der Waals surface area contributed by atoms with Crippen LogP contribution in [0.3, 0.4) is 0 Å². The molecule has 2 aromatic carbocycles. The van der Waals surface area contributed by atoms with E-state index in [1.165, 1.54) is 11.3 Å². The van der Waals surface area contributed by atoms with Gasteiger partial charge in [0.15, 0.2) is 0 Å². The lowest BCUT2D eigenvalue weighted by molar-refractivity contribution is -0.135. The fourth-order valence-electron chi connectivity index (χ4n) is 5.07. The molecule has 1 aliphatic heterocycles. The van der Waals surface area contributed by atoms with E-state index >= 15 is 0 Å². The van der Waals surface area contributed by atoms with Crippen molar-refractivity contribution in [3.8, 4) is 11.4 Å². The number of rotatable bonds is 8. The first-order valence-corrected chi connectivity index (χ1v) is 12.7. The summed E-state index contributed by atoms with van der Waals surface area (Å²) in [5.41, 5.74) is 2.88. The summed E-state index contributed by atoms with van der Waals surface area (Å²) in [7, 11) is 0. The first kappa shape index (κ1) is 23.9. The van der Waals surface area contributed by atoms with Crippen molar-refractivity contribution in [2.24, 2.45) is 0 Å². The van der Waals surface area contributed by atoms with Gasteiger partial charge in [0.2, 0.25) is 17.6 Å². The minimum absolute atomic E-state index is 0.0198. The van der Waals surface area contributed by atoms with Gasteiger partial charge >= 0.3 is 0 Å². The summed E-state index contributed by atoms with van der Waals surface area (Å²) in [6.07, 6.45) is 5.89. The average molecular weight is 487 g/mol. The van der Waals surface area contributed by atoms with Crippen molar-refractivity contribution < 1.29 is 18.9 Å². The summed E-state index contributed by atoms with van der Waals surface area (Å²) < 4.78 is 5.52. The number of carbonyl (C=O) groups excluding carboxylic acids is 3. The monoisotopic (exact) mass is 486 g/mol. The molecule has 186 valence electrons. The molecule has 0 unspecified atom stereocenters. The first-order chi connectivity index (χ1) is 17.5. The molecule has 0 atom stereocenters. The van der Waals surface area contributed by atoms with E-state index < -0.39 is 0 Å². The highest BCUT2D eigenvalue weighted by Crippen LogP contribution is 2.27. The molecule has 0 saturated heterocycles. The Hall–Kier alpha value is -3.81. The molecular formula is C28H30N4O4. The minimum Gasteiger partial charge on any atom is -0.337 e. The van der Waals surface area contributed by atoms with E-state index in [-0.39, 0.29) is 43.3 Å². The van der Waals surface area contributed by atoms with Crippen LogP contribution >= 0.6 is 0 Å². The molecule has 3 amide bonds. The summed E-state index contributed by atoms with van der Waals surface area (Å²) in [6, 6.07) is 14.9.